The van der Waals surface area contributed by atoms with E-state index < -0.39 is 28.5 Å². The Bertz CT molecular complexity index is 1360. The van der Waals surface area contributed by atoms with E-state index in [1.54, 1.807) is 6.07 Å². The zero-order chi connectivity index (χ0) is 30.1. The summed E-state index contributed by atoms with van der Waals surface area (Å²) in [6, 6.07) is 14.3. The van der Waals surface area contributed by atoms with Crippen LogP contribution < -0.4 is 9.62 Å². The van der Waals surface area contributed by atoms with Crippen LogP contribution in [-0.2, 0) is 31.6 Å². The van der Waals surface area contributed by atoms with Crippen LogP contribution >= 0.6 is 11.6 Å². The molecule has 228 valence electrons. The first-order valence-corrected chi connectivity index (χ1v) is 17.6. The fourth-order valence-electron chi connectivity index (χ4n) is 8.15. The van der Waals surface area contributed by atoms with Gasteiger partial charge < -0.3 is 10.2 Å². The Hall–Kier alpha value is -2.58. The van der Waals surface area contributed by atoms with Crippen molar-refractivity contribution in [3.05, 3.63) is 64.7 Å². The van der Waals surface area contributed by atoms with E-state index >= 15 is 0 Å². The largest absolute Gasteiger partial charge is 0.354 e. The van der Waals surface area contributed by atoms with Gasteiger partial charge in [-0.3, -0.25) is 13.9 Å². The predicted octanol–water partition coefficient (Wildman–Crippen LogP) is 5.91. The summed E-state index contributed by atoms with van der Waals surface area (Å²) in [5, 5.41) is 3.38. The number of carbonyl (C=O) groups excluding carboxylic acids is 2. The van der Waals surface area contributed by atoms with E-state index in [0.29, 0.717) is 29.2 Å². The third-order valence-corrected chi connectivity index (χ3v) is 11.2. The molecule has 0 saturated heterocycles. The molecule has 4 aliphatic rings. The highest BCUT2D eigenvalue weighted by molar-refractivity contribution is 7.92. The highest BCUT2D eigenvalue weighted by atomic mass is 35.5. The Labute approximate surface area is 256 Å². The van der Waals surface area contributed by atoms with Crippen LogP contribution in [0.25, 0.3) is 0 Å². The highest BCUT2D eigenvalue weighted by Gasteiger charge is 2.51. The standard InChI is InChI=1S/C33H44ClN3O4S/c1-4-14-35-32(39)30(5-2)36(21-26-8-6-7-9-29(26)34)31(38)22-37(42(3,40)41)28-12-10-27(11-13-28)33-18-23-15-24(19-33)17-25(16-23)20-33/h6-13,23-25,30H,4-5,14-22H2,1-3H3,(H,35,39)/t23?,24?,25?,30-,33?/m1/s1. The molecule has 2 amide bonds. The molecule has 0 unspecified atom stereocenters. The molecule has 1 atom stereocenters. The average molecular weight is 614 g/mol. The molecule has 42 heavy (non-hydrogen) atoms. The third-order valence-electron chi connectivity index (χ3n) is 9.72. The lowest BCUT2D eigenvalue weighted by atomic mass is 9.48. The van der Waals surface area contributed by atoms with E-state index in [-0.39, 0.29) is 17.9 Å². The predicted molar refractivity (Wildman–Crippen MR) is 168 cm³/mol. The Morgan fingerprint density at radius 1 is 0.976 bits per heavy atom. The molecule has 4 saturated carbocycles. The average Bonchev–Trinajstić information content (AvgIpc) is 2.94. The van der Waals surface area contributed by atoms with Crippen molar-refractivity contribution < 1.29 is 18.0 Å². The second-order valence-corrected chi connectivity index (χ2v) is 15.2. The molecule has 9 heteroatoms. The number of amides is 2. The molecule has 2 aromatic rings. The minimum Gasteiger partial charge on any atom is -0.354 e. The molecule has 4 fully saturated rings. The van der Waals surface area contributed by atoms with E-state index in [2.05, 4.69) is 17.4 Å². The van der Waals surface area contributed by atoms with Gasteiger partial charge >= 0.3 is 0 Å². The first kappa shape index (κ1) is 30.9. The number of nitrogens with zero attached hydrogens (tertiary/aromatic N) is 2. The maximum absolute atomic E-state index is 14.0. The van der Waals surface area contributed by atoms with Gasteiger partial charge in [0, 0.05) is 18.1 Å². The number of sulfonamides is 1. The van der Waals surface area contributed by atoms with Gasteiger partial charge in [-0.25, -0.2) is 8.42 Å². The monoisotopic (exact) mass is 613 g/mol. The molecule has 7 nitrogen and oxygen atoms in total. The van der Waals surface area contributed by atoms with Crippen LogP contribution in [0.3, 0.4) is 0 Å². The van der Waals surface area contributed by atoms with Gasteiger partial charge in [0.2, 0.25) is 21.8 Å². The lowest BCUT2D eigenvalue weighted by Gasteiger charge is -2.57. The van der Waals surface area contributed by atoms with Crippen LogP contribution in [0.15, 0.2) is 48.5 Å². The molecule has 1 N–H and O–H groups in total. The number of benzene rings is 2. The number of hydrogen-bond acceptors (Lipinski definition) is 4. The Kier molecular flexibility index (Phi) is 9.24. The van der Waals surface area contributed by atoms with Crippen molar-refractivity contribution in [3.63, 3.8) is 0 Å². The molecule has 0 aliphatic heterocycles. The van der Waals surface area contributed by atoms with Crippen LogP contribution in [0, 0.1) is 17.8 Å². The molecule has 6 rings (SSSR count). The maximum atomic E-state index is 14.0. The van der Waals surface area contributed by atoms with Crippen molar-refractivity contribution in [1.82, 2.24) is 10.2 Å². The minimum absolute atomic E-state index is 0.0963. The van der Waals surface area contributed by atoms with Crippen LogP contribution in [0.1, 0.15) is 76.3 Å². The molecule has 0 heterocycles. The molecule has 2 aromatic carbocycles. The number of halogens is 1. The molecule has 0 spiro atoms. The van der Waals surface area contributed by atoms with E-state index in [1.807, 2.05) is 44.2 Å². The quantitative estimate of drug-likeness (QED) is 0.323. The van der Waals surface area contributed by atoms with Gasteiger partial charge in [-0.15, -0.1) is 0 Å². The summed E-state index contributed by atoms with van der Waals surface area (Å²) in [5.74, 6) is 1.72. The molecule has 0 aromatic heterocycles. The highest BCUT2D eigenvalue weighted by Crippen LogP contribution is 2.60. The van der Waals surface area contributed by atoms with Gasteiger partial charge in [-0.05, 0) is 104 Å². The van der Waals surface area contributed by atoms with Crippen LogP contribution in [0.5, 0.6) is 0 Å². The Balaban J connectivity index is 1.40. The number of hydrogen-bond donors (Lipinski definition) is 1. The van der Waals surface area contributed by atoms with Gasteiger partial charge in [0.15, 0.2) is 0 Å². The van der Waals surface area contributed by atoms with Crippen molar-refractivity contribution in [1.29, 1.82) is 0 Å². The first-order chi connectivity index (χ1) is 20.0. The zero-order valence-corrected chi connectivity index (χ0v) is 26.6. The smallest absolute Gasteiger partial charge is 0.244 e. The Morgan fingerprint density at radius 3 is 2.10 bits per heavy atom. The second kappa shape index (κ2) is 12.6. The van der Waals surface area contributed by atoms with Gasteiger partial charge in [-0.1, -0.05) is 55.8 Å². The summed E-state index contributed by atoms with van der Waals surface area (Å²) < 4.78 is 27.3. The van der Waals surface area contributed by atoms with Gasteiger partial charge in [0.1, 0.15) is 12.6 Å². The summed E-state index contributed by atoms with van der Waals surface area (Å²) >= 11 is 6.44. The number of carbonyl (C=O) groups is 2. The van der Waals surface area contributed by atoms with Gasteiger partial charge in [0.25, 0.3) is 0 Å². The topological polar surface area (TPSA) is 86.8 Å². The lowest BCUT2D eigenvalue weighted by Crippen LogP contribution is -2.52. The van der Waals surface area contributed by atoms with E-state index in [0.717, 1.165) is 34.7 Å². The van der Waals surface area contributed by atoms with E-state index in [4.69, 9.17) is 11.6 Å². The molecule has 4 bridgehead atoms. The van der Waals surface area contributed by atoms with Crippen molar-refractivity contribution >= 4 is 39.1 Å². The lowest BCUT2D eigenvalue weighted by molar-refractivity contribution is -0.140. The van der Waals surface area contributed by atoms with Crippen LogP contribution in [-0.4, -0.2) is 50.5 Å². The van der Waals surface area contributed by atoms with E-state index in [9.17, 15) is 18.0 Å². The van der Waals surface area contributed by atoms with E-state index in [1.165, 1.54) is 49.0 Å². The zero-order valence-electron chi connectivity index (χ0n) is 25.0. The number of anilines is 1. The fraction of sp³-hybridized carbons (Fsp3) is 0.576. The minimum atomic E-state index is -3.79. The summed E-state index contributed by atoms with van der Waals surface area (Å²) in [6.07, 6.45) is 10.0. The van der Waals surface area contributed by atoms with Crippen LogP contribution in [0.4, 0.5) is 5.69 Å². The number of nitrogens with one attached hydrogen (secondary N) is 1. The summed E-state index contributed by atoms with van der Waals surface area (Å²) in [6.45, 7) is 4.00. The molecule has 0 radical (unpaired) electrons. The second-order valence-electron chi connectivity index (χ2n) is 12.8. The van der Waals surface area contributed by atoms with Crippen LogP contribution in [0.2, 0.25) is 5.02 Å². The molecular formula is C33H44ClN3O4S. The Morgan fingerprint density at radius 2 is 1.57 bits per heavy atom. The third kappa shape index (κ3) is 6.49. The SMILES string of the molecule is CCCNC(=O)[C@@H](CC)N(Cc1ccccc1Cl)C(=O)CN(c1ccc(C23CC4CC(CC(C4)C2)C3)cc1)S(C)(=O)=O. The van der Waals surface area contributed by atoms with Gasteiger partial charge in [0.05, 0.1) is 11.9 Å². The summed E-state index contributed by atoms with van der Waals surface area (Å²) in [4.78, 5) is 28.6. The van der Waals surface area contributed by atoms with Crippen molar-refractivity contribution in [2.45, 2.75) is 83.2 Å². The summed E-state index contributed by atoms with van der Waals surface area (Å²) in [7, 11) is -3.79. The van der Waals surface area contributed by atoms with Gasteiger partial charge in [-0.2, -0.15) is 0 Å². The first-order valence-electron chi connectivity index (χ1n) is 15.4. The number of rotatable bonds is 12. The molecular weight excluding hydrogens is 570 g/mol. The van der Waals surface area contributed by atoms with Crippen molar-refractivity contribution in [2.24, 2.45) is 17.8 Å². The normalized spacial score (nSPS) is 25.2. The maximum Gasteiger partial charge on any atom is 0.244 e. The van der Waals surface area contributed by atoms with Crippen molar-refractivity contribution in [2.75, 3.05) is 23.7 Å². The molecule has 4 aliphatic carbocycles. The summed E-state index contributed by atoms with van der Waals surface area (Å²) in [5.41, 5.74) is 2.65. The van der Waals surface area contributed by atoms with Crippen molar-refractivity contribution in [3.8, 4) is 0 Å². The fourth-order valence-corrected chi connectivity index (χ4v) is 9.20.